The van der Waals surface area contributed by atoms with E-state index < -0.39 is 11.4 Å². The van der Waals surface area contributed by atoms with E-state index in [1.807, 2.05) is 13.0 Å². The monoisotopic (exact) mass is 292 g/mol. The van der Waals surface area contributed by atoms with Crippen LogP contribution in [0.1, 0.15) is 18.9 Å². The summed E-state index contributed by atoms with van der Waals surface area (Å²) in [6.07, 6.45) is 0.470. The third-order valence-electron chi connectivity index (χ3n) is 3.95. The number of carboxylic acid groups (broad SMARTS) is 1. The van der Waals surface area contributed by atoms with Crippen molar-refractivity contribution in [3.8, 4) is 5.75 Å². The number of nitrogens with one attached hydrogen (secondary N) is 1. The van der Waals surface area contributed by atoms with Crippen LogP contribution in [-0.4, -0.2) is 42.2 Å². The second kappa shape index (κ2) is 5.63. The van der Waals surface area contributed by atoms with Crippen molar-refractivity contribution < 1.29 is 19.4 Å². The van der Waals surface area contributed by atoms with Gasteiger partial charge in [0.05, 0.1) is 12.5 Å². The van der Waals surface area contributed by atoms with Crippen LogP contribution in [-0.2, 0) is 4.79 Å². The fourth-order valence-corrected chi connectivity index (χ4v) is 2.41. The molecular formula is C15H20N2O4. The Hall–Kier alpha value is -2.24. The van der Waals surface area contributed by atoms with Gasteiger partial charge in [-0.05, 0) is 44.0 Å². The van der Waals surface area contributed by atoms with Gasteiger partial charge in [0.1, 0.15) is 5.75 Å². The maximum absolute atomic E-state index is 12.2. The van der Waals surface area contributed by atoms with E-state index in [0.717, 1.165) is 11.3 Å². The zero-order valence-electron chi connectivity index (χ0n) is 12.5. The van der Waals surface area contributed by atoms with Crippen LogP contribution in [0.15, 0.2) is 18.2 Å². The number of methoxy groups -OCH3 is 1. The van der Waals surface area contributed by atoms with Crippen molar-refractivity contribution in [2.24, 2.45) is 5.41 Å². The van der Waals surface area contributed by atoms with Gasteiger partial charge in [-0.3, -0.25) is 4.79 Å². The van der Waals surface area contributed by atoms with E-state index in [4.69, 9.17) is 4.74 Å². The molecule has 0 spiro atoms. The molecule has 2 N–H and O–H groups in total. The van der Waals surface area contributed by atoms with Gasteiger partial charge < -0.3 is 20.1 Å². The molecule has 1 heterocycles. The van der Waals surface area contributed by atoms with Crippen LogP contribution in [0.25, 0.3) is 0 Å². The van der Waals surface area contributed by atoms with Crippen molar-refractivity contribution in [1.82, 2.24) is 4.90 Å². The second-order valence-electron chi connectivity index (χ2n) is 5.65. The quantitative estimate of drug-likeness (QED) is 0.896. The van der Waals surface area contributed by atoms with Gasteiger partial charge in [-0.15, -0.1) is 0 Å². The molecule has 1 atom stereocenters. The van der Waals surface area contributed by atoms with E-state index in [1.54, 1.807) is 26.2 Å². The Morgan fingerprint density at radius 3 is 2.67 bits per heavy atom. The van der Waals surface area contributed by atoms with Crippen molar-refractivity contribution in [3.05, 3.63) is 23.8 Å². The number of aryl methyl sites for hydroxylation is 1. The van der Waals surface area contributed by atoms with Gasteiger partial charge in [-0.2, -0.15) is 0 Å². The van der Waals surface area contributed by atoms with Crippen molar-refractivity contribution in [1.29, 1.82) is 0 Å². The lowest BCUT2D eigenvalue weighted by atomic mass is 9.90. The summed E-state index contributed by atoms with van der Waals surface area (Å²) in [6, 6.07) is 5.11. The Bertz CT molecular complexity index is 573. The highest BCUT2D eigenvalue weighted by Crippen LogP contribution is 2.30. The van der Waals surface area contributed by atoms with Crippen LogP contribution in [0.2, 0.25) is 0 Å². The number of amides is 2. The van der Waals surface area contributed by atoms with E-state index in [2.05, 4.69) is 5.32 Å². The van der Waals surface area contributed by atoms with Gasteiger partial charge in [-0.25, -0.2) is 4.79 Å². The molecule has 114 valence electrons. The number of benzene rings is 1. The summed E-state index contributed by atoms with van der Waals surface area (Å²) in [7, 11) is 1.59. The highest BCUT2D eigenvalue weighted by molar-refractivity contribution is 5.91. The molecule has 1 aromatic rings. The zero-order chi connectivity index (χ0) is 15.6. The van der Waals surface area contributed by atoms with E-state index in [0.29, 0.717) is 18.7 Å². The average Bonchev–Trinajstić information content (AvgIpc) is 2.85. The van der Waals surface area contributed by atoms with Crippen molar-refractivity contribution in [2.45, 2.75) is 20.3 Å². The van der Waals surface area contributed by atoms with E-state index in [1.165, 1.54) is 4.90 Å². The summed E-state index contributed by atoms with van der Waals surface area (Å²) in [4.78, 5) is 25.0. The van der Waals surface area contributed by atoms with Gasteiger partial charge in [0, 0.05) is 18.8 Å². The lowest BCUT2D eigenvalue weighted by Gasteiger charge is -2.21. The SMILES string of the molecule is COc1ccc(NC(=O)N2CCC(C)(C(=O)O)C2)c(C)c1. The first-order valence-electron chi connectivity index (χ1n) is 6.80. The molecule has 1 unspecified atom stereocenters. The van der Waals surface area contributed by atoms with Crippen LogP contribution >= 0.6 is 0 Å². The minimum absolute atomic E-state index is 0.226. The molecule has 0 aliphatic carbocycles. The molecule has 1 aliphatic rings. The molecule has 0 radical (unpaired) electrons. The van der Waals surface area contributed by atoms with Crippen molar-refractivity contribution in [2.75, 3.05) is 25.5 Å². The summed E-state index contributed by atoms with van der Waals surface area (Å²) >= 11 is 0. The molecule has 2 amide bonds. The number of carbonyl (C=O) groups is 2. The fourth-order valence-electron chi connectivity index (χ4n) is 2.41. The first-order chi connectivity index (χ1) is 9.85. The normalized spacial score (nSPS) is 21.2. The summed E-state index contributed by atoms with van der Waals surface area (Å²) in [5.41, 5.74) is 0.736. The first-order valence-corrected chi connectivity index (χ1v) is 6.80. The third kappa shape index (κ3) is 3.09. The Labute approximate surface area is 123 Å². The number of anilines is 1. The van der Waals surface area contributed by atoms with Gasteiger partial charge in [-0.1, -0.05) is 0 Å². The van der Waals surface area contributed by atoms with Crippen LogP contribution in [0, 0.1) is 12.3 Å². The maximum Gasteiger partial charge on any atom is 0.321 e. The first kappa shape index (κ1) is 15.2. The van der Waals surface area contributed by atoms with E-state index in [-0.39, 0.29) is 12.6 Å². The summed E-state index contributed by atoms with van der Waals surface area (Å²) in [6.45, 7) is 4.22. The minimum Gasteiger partial charge on any atom is -0.497 e. The predicted octanol–water partition coefficient (Wildman–Crippen LogP) is 2.33. The minimum atomic E-state index is -0.863. The van der Waals surface area contributed by atoms with E-state index in [9.17, 15) is 14.7 Å². The molecule has 0 aromatic heterocycles. The number of rotatable bonds is 3. The van der Waals surface area contributed by atoms with Crippen LogP contribution in [0.3, 0.4) is 0 Å². The summed E-state index contributed by atoms with van der Waals surface area (Å²) in [5, 5.41) is 12.0. The molecular weight excluding hydrogens is 272 g/mol. The van der Waals surface area contributed by atoms with Gasteiger partial charge in [0.2, 0.25) is 0 Å². The van der Waals surface area contributed by atoms with Crippen molar-refractivity contribution in [3.63, 3.8) is 0 Å². The number of carbonyl (C=O) groups excluding carboxylic acids is 1. The topological polar surface area (TPSA) is 78.9 Å². The number of urea groups is 1. The van der Waals surface area contributed by atoms with E-state index >= 15 is 0 Å². The molecule has 1 aromatic carbocycles. The molecule has 1 fully saturated rings. The molecule has 1 aliphatic heterocycles. The molecule has 1 saturated heterocycles. The summed E-state index contributed by atoms with van der Waals surface area (Å²) < 4.78 is 5.12. The second-order valence-corrected chi connectivity index (χ2v) is 5.65. The highest BCUT2D eigenvalue weighted by atomic mass is 16.5. The maximum atomic E-state index is 12.2. The molecule has 6 nitrogen and oxygen atoms in total. The highest BCUT2D eigenvalue weighted by Gasteiger charge is 2.42. The standard InChI is InChI=1S/C15H20N2O4/c1-10-8-11(21-3)4-5-12(10)16-14(20)17-7-6-15(2,9-17)13(18)19/h4-5,8H,6-7,9H2,1-3H3,(H,16,20)(H,18,19). The van der Waals surface area contributed by atoms with Crippen LogP contribution < -0.4 is 10.1 Å². The van der Waals surface area contributed by atoms with Gasteiger partial charge in [0.15, 0.2) is 0 Å². The average molecular weight is 292 g/mol. The largest absolute Gasteiger partial charge is 0.497 e. The number of likely N-dealkylation sites (tertiary alicyclic amines) is 1. The summed E-state index contributed by atoms with van der Waals surface area (Å²) in [5.74, 6) is -0.136. The zero-order valence-corrected chi connectivity index (χ0v) is 12.5. The van der Waals surface area contributed by atoms with Crippen LogP contribution in [0.5, 0.6) is 5.75 Å². The number of carboxylic acids is 1. The predicted molar refractivity (Wildman–Crippen MR) is 78.7 cm³/mol. The lowest BCUT2D eigenvalue weighted by molar-refractivity contribution is -0.146. The third-order valence-corrected chi connectivity index (χ3v) is 3.95. The molecule has 0 bridgehead atoms. The number of hydrogen-bond acceptors (Lipinski definition) is 3. The van der Waals surface area contributed by atoms with Crippen LogP contribution in [0.4, 0.5) is 10.5 Å². The number of aliphatic carboxylic acids is 1. The van der Waals surface area contributed by atoms with Gasteiger partial charge in [0.25, 0.3) is 0 Å². The Morgan fingerprint density at radius 1 is 1.43 bits per heavy atom. The van der Waals surface area contributed by atoms with Gasteiger partial charge >= 0.3 is 12.0 Å². The fraction of sp³-hybridized carbons (Fsp3) is 0.467. The van der Waals surface area contributed by atoms with Crippen molar-refractivity contribution >= 4 is 17.7 Å². The lowest BCUT2D eigenvalue weighted by Crippen LogP contribution is -2.37. The molecule has 0 saturated carbocycles. The number of hydrogen-bond donors (Lipinski definition) is 2. The Balaban J connectivity index is 2.04. The molecule has 2 rings (SSSR count). The Morgan fingerprint density at radius 2 is 2.14 bits per heavy atom. The molecule has 21 heavy (non-hydrogen) atoms. The number of nitrogens with zero attached hydrogens (tertiary/aromatic N) is 1. The Kier molecular flexibility index (Phi) is 4.06. The molecule has 6 heteroatoms. The number of ether oxygens (including phenoxy) is 1. The smallest absolute Gasteiger partial charge is 0.321 e.